The van der Waals surface area contributed by atoms with Gasteiger partial charge in [-0.3, -0.25) is 0 Å². The minimum absolute atomic E-state index is 0.209. The predicted molar refractivity (Wildman–Crippen MR) is 104 cm³/mol. The highest BCUT2D eigenvalue weighted by molar-refractivity contribution is 5.83. The average Bonchev–Trinajstić information content (AvgIpc) is 2.67. The van der Waals surface area contributed by atoms with Crippen molar-refractivity contribution in [1.82, 2.24) is 0 Å². The van der Waals surface area contributed by atoms with Crippen LogP contribution in [0.15, 0.2) is 66.7 Å². The van der Waals surface area contributed by atoms with Gasteiger partial charge in [-0.05, 0) is 58.7 Å². The van der Waals surface area contributed by atoms with Crippen molar-refractivity contribution < 1.29 is 9.84 Å². The molecule has 0 amide bonds. The molecule has 3 aromatic rings. The van der Waals surface area contributed by atoms with E-state index in [-0.39, 0.29) is 6.61 Å². The first kappa shape index (κ1) is 17.5. The van der Waals surface area contributed by atoms with Gasteiger partial charge in [0, 0.05) is 6.61 Å². The fraction of sp³-hybridized carbons (Fsp3) is 0.304. The number of aliphatic hydroxyl groups is 1. The topological polar surface area (TPSA) is 29.5 Å². The Morgan fingerprint density at radius 1 is 0.880 bits per heavy atom. The first-order chi connectivity index (χ1) is 12.2. The van der Waals surface area contributed by atoms with Crippen LogP contribution in [0.25, 0.3) is 10.8 Å². The Bertz CT molecular complexity index is 808. The van der Waals surface area contributed by atoms with Gasteiger partial charge in [-0.15, -0.1) is 0 Å². The van der Waals surface area contributed by atoms with Gasteiger partial charge in [0.25, 0.3) is 0 Å². The third-order valence-corrected chi connectivity index (χ3v) is 5.05. The van der Waals surface area contributed by atoms with E-state index >= 15 is 0 Å². The molecule has 2 heteroatoms. The lowest BCUT2D eigenvalue weighted by molar-refractivity contribution is 0.270. The van der Waals surface area contributed by atoms with Crippen LogP contribution in [0.2, 0.25) is 0 Å². The van der Waals surface area contributed by atoms with Crippen molar-refractivity contribution >= 4 is 10.8 Å². The first-order valence-electron chi connectivity index (χ1n) is 8.94. The number of aliphatic hydroxyl groups excluding tert-OH is 1. The molecule has 0 aromatic heterocycles. The molecule has 2 nitrogen and oxygen atoms in total. The summed E-state index contributed by atoms with van der Waals surface area (Å²) in [6, 6.07) is 23.4. The van der Waals surface area contributed by atoms with E-state index in [4.69, 9.17) is 4.74 Å². The average molecular weight is 334 g/mol. The highest BCUT2D eigenvalue weighted by Gasteiger charge is 2.17. The first-order valence-corrected chi connectivity index (χ1v) is 8.94. The lowest BCUT2D eigenvalue weighted by Crippen LogP contribution is -2.07. The summed E-state index contributed by atoms with van der Waals surface area (Å²) in [5.41, 5.74) is 2.62. The number of fused-ring (bicyclic) bond motifs is 1. The third kappa shape index (κ3) is 4.21. The summed E-state index contributed by atoms with van der Waals surface area (Å²) in [5, 5.41) is 12.1. The molecule has 0 aliphatic carbocycles. The maximum absolute atomic E-state index is 9.50. The molecule has 1 N–H and O–H groups in total. The molecule has 0 radical (unpaired) electrons. The summed E-state index contributed by atoms with van der Waals surface area (Å²) < 4.78 is 5.25. The van der Waals surface area contributed by atoms with Crippen molar-refractivity contribution in [2.45, 2.75) is 31.6 Å². The monoisotopic (exact) mass is 334 g/mol. The molecule has 0 aliphatic rings. The van der Waals surface area contributed by atoms with Gasteiger partial charge in [0.15, 0.2) is 0 Å². The molecule has 25 heavy (non-hydrogen) atoms. The van der Waals surface area contributed by atoms with Crippen molar-refractivity contribution in [2.24, 2.45) is 0 Å². The van der Waals surface area contributed by atoms with Crippen molar-refractivity contribution in [3.05, 3.63) is 77.9 Å². The molecule has 0 spiro atoms. The van der Waals surface area contributed by atoms with Crippen LogP contribution < -0.4 is 4.74 Å². The Balaban J connectivity index is 1.79. The molecule has 130 valence electrons. The normalized spacial score (nSPS) is 13.6. The van der Waals surface area contributed by atoms with Crippen molar-refractivity contribution in [2.75, 3.05) is 13.7 Å². The van der Waals surface area contributed by atoms with E-state index in [0.29, 0.717) is 11.8 Å². The van der Waals surface area contributed by atoms with Gasteiger partial charge >= 0.3 is 0 Å². The Labute approximate surface area is 150 Å². The number of ether oxygens (including phenoxy) is 1. The van der Waals surface area contributed by atoms with E-state index in [0.717, 1.165) is 18.6 Å². The Kier molecular flexibility index (Phi) is 5.72. The molecule has 3 aromatic carbocycles. The van der Waals surface area contributed by atoms with Crippen LogP contribution in [0.5, 0.6) is 5.75 Å². The van der Waals surface area contributed by atoms with Crippen molar-refractivity contribution in [3.63, 3.8) is 0 Å². The zero-order valence-corrected chi connectivity index (χ0v) is 15.0. The van der Waals surface area contributed by atoms with E-state index in [1.54, 1.807) is 7.11 Å². The maximum atomic E-state index is 9.50. The molecule has 0 fully saturated rings. The van der Waals surface area contributed by atoms with E-state index in [2.05, 4.69) is 61.5 Å². The molecule has 0 aliphatic heterocycles. The molecule has 3 rings (SSSR count). The van der Waals surface area contributed by atoms with Crippen LogP contribution in [0.4, 0.5) is 0 Å². The SMILES string of the molecule is COc1ccc([C@@H](CCO)C[C@H](C)c2ccc3ccccc3c2)cc1. The fourth-order valence-electron chi connectivity index (χ4n) is 3.53. The number of rotatable bonds is 7. The zero-order valence-electron chi connectivity index (χ0n) is 15.0. The molecule has 0 heterocycles. The molecule has 0 saturated heterocycles. The minimum Gasteiger partial charge on any atom is -0.497 e. The standard InChI is InChI=1S/C23H26O2/c1-17(20-8-7-18-5-3-4-6-21(18)16-20)15-22(13-14-24)19-9-11-23(25-2)12-10-19/h3-12,16-17,22,24H,13-15H2,1-2H3/t17-,22-/m0/s1. The van der Waals surface area contributed by atoms with Crippen LogP contribution in [0, 0.1) is 0 Å². The lowest BCUT2D eigenvalue weighted by atomic mass is 9.84. The second kappa shape index (κ2) is 8.17. The Morgan fingerprint density at radius 3 is 2.24 bits per heavy atom. The van der Waals surface area contributed by atoms with Crippen LogP contribution in [-0.4, -0.2) is 18.8 Å². The zero-order chi connectivity index (χ0) is 17.6. The number of benzene rings is 3. The Morgan fingerprint density at radius 2 is 1.56 bits per heavy atom. The summed E-state index contributed by atoms with van der Waals surface area (Å²) in [5.74, 6) is 1.65. The molecule has 0 bridgehead atoms. The summed E-state index contributed by atoms with van der Waals surface area (Å²) in [6.07, 6.45) is 1.80. The molecule has 0 unspecified atom stereocenters. The minimum atomic E-state index is 0.209. The van der Waals surface area contributed by atoms with Gasteiger partial charge in [-0.25, -0.2) is 0 Å². The summed E-state index contributed by atoms with van der Waals surface area (Å²) in [7, 11) is 1.68. The second-order valence-corrected chi connectivity index (χ2v) is 6.73. The van der Waals surface area contributed by atoms with Gasteiger partial charge in [0.1, 0.15) is 5.75 Å². The van der Waals surface area contributed by atoms with Crippen molar-refractivity contribution in [1.29, 1.82) is 0 Å². The Hall–Kier alpha value is -2.32. The van der Waals surface area contributed by atoms with E-state index in [1.807, 2.05) is 12.1 Å². The predicted octanol–water partition coefficient (Wildman–Crippen LogP) is 5.51. The van der Waals surface area contributed by atoms with Gasteiger partial charge in [0.2, 0.25) is 0 Å². The quantitative estimate of drug-likeness (QED) is 0.617. The number of hydrogen-bond donors (Lipinski definition) is 1. The number of hydrogen-bond acceptors (Lipinski definition) is 2. The second-order valence-electron chi connectivity index (χ2n) is 6.73. The lowest BCUT2D eigenvalue weighted by Gasteiger charge is -2.22. The molecule has 0 saturated carbocycles. The molecular formula is C23H26O2. The van der Waals surface area contributed by atoms with Gasteiger partial charge in [0.05, 0.1) is 7.11 Å². The fourth-order valence-corrected chi connectivity index (χ4v) is 3.53. The van der Waals surface area contributed by atoms with E-state index in [9.17, 15) is 5.11 Å². The molecular weight excluding hydrogens is 308 g/mol. The van der Waals surface area contributed by atoms with Crippen molar-refractivity contribution in [3.8, 4) is 5.75 Å². The van der Waals surface area contributed by atoms with Crippen LogP contribution >= 0.6 is 0 Å². The summed E-state index contributed by atoms with van der Waals surface area (Å²) >= 11 is 0. The van der Waals surface area contributed by atoms with Crippen LogP contribution in [-0.2, 0) is 0 Å². The maximum Gasteiger partial charge on any atom is 0.118 e. The molecule has 2 atom stereocenters. The number of methoxy groups -OCH3 is 1. The van der Waals surface area contributed by atoms with Gasteiger partial charge in [-0.1, -0.05) is 61.5 Å². The van der Waals surface area contributed by atoms with Gasteiger partial charge in [-0.2, -0.15) is 0 Å². The van der Waals surface area contributed by atoms with E-state index < -0.39 is 0 Å². The smallest absolute Gasteiger partial charge is 0.118 e. The highest BCUT2D eigenvalue weighted by atomic mass is 16.5. The summed E-state index contributed by atoms with van der Waals surface area (Å²) in [4.78, 5) is 0. The summed E-state index contributed by atoms with van der Waals surface area (Å²) in [6.45, 7) is 2.49. The van der Waals surface area contributed by atoms with Crippen LogP contribution in [0.1, 0.15) is 42.7 Å². The third-order valence-electron chi connectivity index (χ3n) is 5.05. The van der Waals surface area contributed by atoms with Gasteiger partial charge < -0.3 is 9.84 Å². The largest absolute Gasteiger partial charge is 0.497 e. The van der Waals surface area contributed by atoms with Crippen LogP contribution in [0.3, 0.4) is 0 Å². The van der Waals surface area contributed by atoms with E-state index in [1.165, 1.54) is 21.9 Å². The highest BCUT2D eigenvalue weighted by Crippen LogP contribution is 2.33.